The van der Waals surface area contributed by atoms with Crippen LogP contribution in [0.5, 0.6) is 0 Å². The third-order valence-electron chi connectivity index (χ3n) is 4.71. The summed E-state index contributed by atoms with van der Waals surface area (Å²) in [5, 5.41) is 3.06. The van der Waals surface area contributed by atoms with Crippen LogP contribution < -0.4 is 11.1 Å². The molecule has 1 atom stereocenters. The lowest BCUT2D eigenvalue weighted by molar-refractivity contribution is -0.121. The van der Waals surface area contributed by atoms with Crippen molar-refractivity contribution >= 4 is 11.6 Å². The Labute approximate surface area is 134 Å². The van der Waals surface area contributed by atoms with Crippen LogP contribution in [0.15, 0.2) is 24.3 Å². The standard InChI is InChI=1S/C18H29N3O/c1-14-9-11-21(12-10-14)15(2)13-20-18(22)8-7-16-5-3-4-6-17(16)19/h3-6,14-15H,7-13,19H2,1-2H3,(H,20,22). The highest BCUT2D eigenvalue weighted by molar-refractivity contribution is 5.76. The van der Waals surface area contributed by atoms with Crippen molar-refractivity contribution in [3.8, 4) is 0 Å². The van der Waals surface area contributed by atoms with Crippen molar-refractivity contribution in [3.05, 3.63) is 29.8 Å². The van der Waals surface area contributed by atoms with Gasteiger partial charge in [0.1, 0.15) is 0 Å². The molecule has 0 radical (unpaired) electrons. The molecule has 1 aliphatic rings. The Morgan fingerprint density at radius 3 is 2.73 bits per heavy atom. The van der Waals surface area contributed by atoms with Crippen molar-refractivity contribution in [1.29, 1.82) is 0 Å². The number of piperidine rings is 1. The van der Waals surface area contributed by atoms with Gasteiger partial charge in [-0.2, -0.15) is 0 Å². The lowest BCUT2D eigenvalue weighted by Gasteiger charge is -2.35. The molecule has 1 aromatic rings. The summed E-state index contributed by atoms with van der Waals surface area (Å²) in [6.07, 6.45) is 3.74. The highest BCUT2D eigenvalue weighted by Crippen LogP contribution is 2.17. The number of amides is 1. The van der Waals surface area contributed by atoms with Gasteiger partial charge in [0.05, 0.1) is 0 Å². The van der Waals surface area contributed by atoms with Crippen molar-refractivity contribution in [2.75, 3.05) is 25.4 Å². The van der Waals surface area contributed by atoms with E-state index in [-0.39, 0.29) is 5.91 Å². The minimum atomic E-state index is 0.112. The minimum Gasteiger partial charge on any atom is -0.399 e. The van der Waals surface area contributed by atoms with Gasteiger partial charge in [-0.3, -0.25) is 9.69 Å². The van der Waals surface area contributed by atoms with E-state index in [0.717, 1.165) is 36.8 Å². The molecule has 3 N–H and O–H groups in total. The number of hydrogen-bond acceptors (Lipinski definition) is 3. The molecule has 1 unspecified atom stereocenters. The SMILES string of the molecule is CC1CCN(C(C)CNC(=O)CCc2ccccc2N)CC1. The number of nitrogens with zero attached hydrogens (tertiary/aromatic N) is 1. The number of nitrogens with one attached hydrogen (secondary N) is 1. The molecule has 1 aromatic carbocycles. The van der Waals surface area contributed by atoms with Gasteiger partial charge in [-0.15, -0.1) is 0 Å². The van der Waals surface area contributed by atoms with E-state index < -0.39 is 0 Å². The van der Waals surface area contributed by atoms with E-state index in [4.69, 9.17) is 5.73 Å². The van der Waals surface area contributed by atoms with E-state index in [1.807, 2.05) is 24.3 Å². The number of carbonyl (C=O) groups excluding carboxylic acids is 1. The first-order chi connectivity index (χ1) is 10.6. The van der Waals surface area contributed by atoms with Gasteiger partial charge in [0.2, 0.25) is 5.91 Å². The van der Waals surface area contributed by atoms with Crippen LogP contribution >= 0.6 is 0 Å². The first-order valence-corrected chi connectivity index (χ1v) is 8.40. The zero-order valence-corrected chi connectivity index (χ0v) is 13.8. The van der Waals surface area contributed by atoms with Crippen LogP contribution in [-0.2, 0) is 11.2 Å². The molecule has 122 valence electrons. The molecule has 0 spiro atoms. The molecule has 1 aliphatic heterocycles. The van der Waals surface area contributed by atoms with Crippen LogP contribution in [-0.4, -0.2) is 36.5 Å². The van der Waals surface area contributed by atoms with Gasteiger partial charge in [-0.05, 0) is 56.8 Å². The summed E-state index contributed by atoms with van der Waals surface area (Å²) in [4.78, 5) is 14.5. The molecule has 0 saturated carbocycles. The molecule has 1 heterocycles. The van der Waals surface area contributed by atoms with E-state index in [2.05, 4.69) is 24.1 Å². The van der Waals surface area contributed by atoms with Crippen LogP contribution in [0.3, 0.4) is 0 Å². The van der Waals surface area contributed by atoms with Gasteiger partial charge in [0.15, 0.2) is 0 Å². The van der Waals surface area contributed by atoms with Crippen molar-refractivity contribution in [2.24, 2.45) is 5.92 Å². The Kier molecular flexibility index (Phi) is 6.25. The maximum absolute atomic E-state index is 12.0. The summed E-state index contributed by atoms with van der Waals surface area (Å²) in [5.41, 5.74) is 7.72. The number of para-hydroxylation sites is 1. The predicted molar refractivity (Wildman–Crippen MR) is 91.6 cm³/mol. The van der Waals surface area contributed by atoms with Gasteiger partial charge in [-0.25, -0.2) is 0 Å². The molecular weight excluding hydrogens is 274 g/mol. The molecule has 0 aliphatic carbocycles. The number of hydrogen-bond donors (Lipinski definition) is 2. The average Bonchev–Trinajstić information content (AvgIpc) is 2.52. The third kappa shape index (κ3) is 5.02. The molecule has 1 amide bonds. The fraction of sp³-hybridized carbons (Fsp3) is 0.611. The minimum absolute atomic E-state index is 0.112. The Hall–Kier alpha value is -1.55. The zero-order valence-electron chi connectivity index (χ0n) is 13.8. The highest BCUT2D eigenvalue weighted by Gasteiger charge is 2.20. The average molecular weight is 303 g/mol. The topological polar surface area (TPSA) is 58.4 Å². The molecule has 4 nitrogen and oxygen atoms in total. The Morgan fingerprint density at radius 2 is 2.05 bits per heavy atom. The van der Waals surface area contributed by atoms with Gasteiger partial charge in [-0.1, -0.05) is 25.1 Å². The first kappa shape index (κ1) is 16.8. The van der Waals surface area contributed by atoms with Crippen molar-refractivity contribution in [2.45, 2.75) is 45.6 Å². The lowest BCUT2D eigenvalue weighted by atomic mass is 9.98. The number of rotatable bonds is 6. The summed E-state index contributed by atoms with van der Waals surface area (Å²) in [7, 11) is 0. The number of anilines is 1. The number of benzene rings is 1. The normalized spacial score (nSPS) is 18.1. The summed E-state index contributed by atoms with van der Waals surface area (Å²) < 4.78 is 0. The maximum Gasteiger partial charge on any atom is 0.220 e. The monoisotopic (exact) mass is 303 g/mol. The molecule has 0 aromatic heterocycles. The zero-order chi connectivity index (χ0) is 15.9. The van der Waals surface area contributed by atoms with Gasteiger partial charge in [0, 0.05) is 24.7 Å². The number of aryl methyl sites for hydroxylation is 1. The predicted octanol–water partition coefficient (Wildman–Crippen LogP) is 2.44. The van der Waals surface area contributed by atoms with Crippen LogP contribution in [0, 0.1) is 5.92 Å². The second-order valence-corrected chi connectivity index (χ2v) is 6.57. The third-order valence-corrected chi connectivity index (χ3v) is 4.71. The molecule has 22 heavy (non-hydrogen) atoms. The highest BCUT2D eigenvalue weighted by atomic mass is 16.1. The van der Waals surface area contributed by atoms with Gasteiger partial charge < -0.3 is 11.1 Å². The largest absolute Gasteiger partial charge is 0.399 e. The van der Waals surface area contributed by atoms with E-state index in [0.29, 0.717) is 18.9 Å². The number of nitrogens with two attached hydrogens (primary N) is 1. The Balaban J connectivity index is 1.68. The molecule has 2 rings (SSSR count). The van der Waals surface area contributed by atoms with Crippen LogP contribution in [0.4, 0.5) is 5.69 Å². The summed E-state index contributed by atoms with van der Waals surface area (Å²) >= 11 is 0. The molecular formula is C18H29N3O. The van der Waals surface area contributed by atoms with Crippen molar-refractivity contribution in [1.82, 2.24) is 10.2 Å². The van der Waals surface area contributed by atoms with E-state index in [1.165, 1.54) is 12.8 Å². The molecule has 0 bridgehead atoms. The smallest absolute Gasteiger partial charge is 0.220 e. The van der Waals surface area contributed by atoms with Gasteiger partial charge >= 0.3 is 0 Å². The van der Waals surface area contributed by atoms with E-state index >= 15 is 0 Å². The molecule has 4 heteroatoms. The molecule has 1 fully saturated rings. The fourth-order valence-electron chi connectivity index (χ4n) is 2.96. The maximum atomic E-state index is 12.0. The lowest BCUT2D eigenvalue weighted by Crippen LogP contribution is -2.45. The van der Waals surface area contributed by atoms with Crippen molar-refractivity contribution in [3.63, 3.8) is 0 Å². The second kappa shape index (κ2) is 8.18. The first-order valence-electron chi connectivity index (χ1n) is 8.40. The van der Waals surface area contributed by atoms with Crippen LogP contribution in [0.25, 0.3) is 0 Å². The van der Waals surface area contributed by atoms with Crippen LogP contribution in [0.2, 0.25) is 0 Å². The molecule has 1 saturated heterocycles. The summed E-state index contributed by atoms with van der Waals surface area (Å²) in [6, 6.07) is 8.16. The van der Waals surface area contributed by atoms with Gasteiger partial charge in [0.25, 0.3) is 0 Å². The Morgan fingerprint density at radius 1 is 1.36 bits per heavy atom. The quantitative estimate of drug-likeness (QED) is 0.794. The number of carbonyl (C=O) groups is 1. The number of likely N-dealkylation sites (tertiary alicyclic amines) is 1. The van der Waals surface area contributed by atoms with Crippen molar-refractivity contribution < 1.29 is 4.79 Å². The summed E-state index contributed by atoms with van der Waals surface area (Å²) in [5.74, 6) is 0.954. The number of nitrogen functional groups attached to an aromatic ring is 1. The second-order valence-electron chi connectivity index (χ2n) is 6.57. The Bertz CT molecular complexity index is 481. The summed E-state index contributed by atoms with van der Waals surface area (Å²) in [6.45, 7) is 7.56. The van der Waals surface area contributed by atoms with E-state index in [9.17, 15) is 4.79 Å². The fourth-order valence-corrected chi connectivity index (χ4v) is 2.96. The van der Waals surface area contributed by atoms with Crippen LogP contribution in [0.1, 0.15) is 38.7 Å². The van der Waals surface area contributed by atoms with E-state index in [1.54, 1.807) is 0 Å².